The molecule has 0 N–H and O–H groups in total. The minimum Gasteiger partial charge on any atom is -0.334 e. The van der Waals surface area contributed by atoms with Crippen LogP contribution in [0, 0.1) is 5.82 Å². The van der Waals surface area contributed by atoms with Gasteiger partial charge in [0.1, 0.15) is 5.82 Å². The molecule has 5 heteroatoms. The van der Waals surface area contributed by atoms with Crippen molar-refractivity contribution >= 4 is 22.9 Å². The second-order valence-electron chi connectivity index (χ2n) is 5.55. The van der Waals surface area contributed by atoms with Crippen LogP contribution < -0.4 is 0 Å². The van der Waals surface area contributed by atoms with Crippen molar-refractivity contribution in [1.29, 1.82) is 0 Å². The molecule has 0 aliphatic carbocycles. The first kappa shape index (κ1) is 17.4. The molecule has 2 aromatic rings. The van der Waals surface area contributed by atoms with E-state index < -0.39 is 18.8 Å². The van der Waals surface area contributed by atoms with Gasteiger partial charge in [0.15, 0.2) is 0 Å². The number of halogens is 4. The molecule has 2 aromatic carbocycles. The predicted molar refractivity (Wildman–Crippen MR) is 95.4 cm³/mol. The van der Waals surface area contributed by atoms with E-state index in [-0.39, 0.29) is 16.3 Å². The van der Waals surface area contributed by atoms with E-state index in [9.17, 15) is 13.2 Å². The van der Waals surface area contributed by atoms with Crippen LogP contribution in [0.5, 0.6) is 0 Å². The van der Waals surface area contributed by atoms with Gasteiger partial charge in [0, 0.05) is 11.1 Å². The Morgan fingerprint density at radius 1 is 1.00 bits per heavy atom. The third kappa shape index (κ3) is 3.49. The van der Waals surface area contributed by atoms with Gasteiger partial charge in [0.2, 0.25) is 0 Å². The monoisotopic (exact) mass is 361 g/mol. The van der Waals surface area contributed by atoms with Gasteiger partial charge in [-0.15, -0.1) is 0 Å². The van der Waals surface area contributed by atoms with Crippen LogP contribution in [0.25, 0.3) is 11.3 Å². The summed E-state index contributed by atoms with van der Waals surface area (Å²) in [5, 5.41) is 0.250. The van der Waals surface area contributed by atoms with E-state index in [0.29, 0.717) is 11.3 Å². The Bertz CT molecular complexity index is 856. The molecule has 0 saturated heterocycles. The molecule has 0 aromatic heterocycles. The molecule has 0 bridgehead atoms. The van der Waals surface area contributed by atoms with Crippen LogP contribution in [-0.2, 0) is 0 Å². The minimum atomic E-state index is -2.63. The third-order valence-electron chi connectivity index (χ3n) is 3.93. The molecular weight excluding hydrogens is 347 g/mol. The van der Waals surface area contributed by atoms with Crippen molar-refractivity contribution in [2.75, 3.05) is 6.54 Å². The maximum atomic E-state index is 14.5. The second kappa shape index (κ2) is 7.19. The van der Waals surface area contributed by atoms with Crippen molar-refractivity contribution in [3.63, 3.8) is 0 Å². The molecule has 128 valence electrons. The highest BCUT2D eigenvalue weighted by atomic mass is 35.5. The second-order valence-corrected chi connectivity index (χ2v) is 5.96. The van der Waals surface area contributed by atoms with Crippen LogP contribution in [0.3, 0.4) is 0 Å². The number of hydrogen-bond acceptors (Lipinski definition) is 1. The van der Waals surface area contributed by atoms with Crippen molar-refractivity contribution in [3.8, 4) is 0 Å². The van der Waals surface area contributed by atoms with Gasteiger partial charge >= 0.3 is 0 Å². The molecule has 1 nitrogen and oxygen atoms in total. The molecule has 0 amide bonds. The number of rotatable bonds is 4. The zero-order valence-electron chi connectivity index (χ0n) is 13.2. The highest BCUT2D eigenvalue weighted by Crippen LogP contribution is 2.41. The molecule has 1 aliphatic heterocycles. The van der Waals surface area contributed by atoms with Gasteiger partial charge in [-0.25, -0.2) is 13.2 Å². The van der Waals surface area contributed by atoms with Crippen LogP contribution in [0.2, 0.25) is 0 Å². The van der Waals surface area contributed by atoms with E-state index in [0.717, 1.165) is 5.56 Å². The Morgan fingerprint density at radius 3 is 2.28 bits per heavy atom. The van der Waals surface area contributed by atoms with Crippen LogP contribution in [0.15, 0.2) is 78.0 Å². The fraction of sp³-hybridized carbons (Fsp3) is 0.100. The molecule has 3 rings (SSSR count). The SMILES string of the molecule is C=C1C(Cl)=CC(c2ccccc2)=C(c2ccccc2F)N1CC(F)F. The third-order valence-corrected chi connectivity index (χ3v) is 4.26. The van der Waals surface area contributed by atoms with E-state index in [2.05, 4.69) is 6.58 Å². The average Bonchev–Trinajstić information content (AvgIpc) is 2.60. The summed E-state index contributed by atoms with van der Waals surface area (Å²) in [7, 11) is 0. The predicted octanol–water partition coefficient (Wildman–Crippen LogP) is 5.91. The number of hydrogen-bond donors (Lipinski definition) is 0. The summed E-state index contributed by atoms with van der Waals surface area (Å²) < 4.78 is 40.8. The largest absolute Gasteiger partial charge is 0.334 e. The smallest absolute Gasteiger partial charge is 0.256 e. The molecule has 1 aliphatic rings. The van der Waals surface area contributed by atoms with Crippen molar-refractivity contribution in [3.05, 3.63) is 94.9 Å². The molecule has 0 saturated carbocycles. The van der Waals surface area contributed by atoms with E-state index in [1.54, 1.807) is 24.3 Å². The van der Waals surface area contributed by atoms with E-state index >= 15 is 0 Å². The summed E-state index contributed by atoms with van der Waals surface area (Å²) in [4.78, 5) is 1.29. The highest BCUT2D eigenvalue weighted by molar-refractivity contribution is 6.33. The van der Waals surface area contributed by atoms with Gasteiger partial charge < -0.3 is 4.90 Å². The van der Waals surface area contributed by atoms with E-state index in [1.807, 2.05) is 30.3 Å². The highest BCUT2D eigenvalue weighted by Gasteiger charge is 2.29. The average molecular weight is 362 g/mol. The zero-order chi connectivity index (χ0) is 18.0. The Kier molecular flexibility index (Phi) is 5.00. The summed E-state index contributed by atoms with van der Waals surface area (Å²) in [5.74, 6) is -0.496. The van der Waals surface area contributed by atoms with Crippen molar-refractivity contribution in [2.45, 2.75) is 6.43 Å². The topological polar surface area (TPSA) is 3.24 Å². The Labute approximate surface area is 149 Å². The summed E-state index contributed by atoms with van der Waals surface area (Å²) in [6.45, 7) is 3.18. The lowest BCUT2D eigenvalue weighted by Gasteiger charge is -2.34. The Hall–Kier alpha value is -2.46. The van der Waals surface area contributed by atoms with Crippen LogP contribution in [0.1, 0.15) is 11.1 Å². The zero-order valence-corrected chi connectivity index (χ0v) is 14.0. The molecule has 0 radical (unpaired) electrons. The van der Waals surface area contributed by atoms with Gasteiger partial charge in [-0.1, -0.05) is 60.6 Å². The van der Waals surface area contributed by atoms with Gasteiger partial charge in [0.05, 0.1) is 23.0 Å². The fourth-order valence-corrected chi connectivity index (χ4v) is 3.02. The summed E-state index contributed by atoms with van der Waals surface area (Å²) in [6.07, 6.45) is -0.985. The first-order valence-electron chi connectivity index (χ1n) is 7.66. The van der Waals surface area contributed by atoms with E-state index in [1.165, 1.54) is 11.0 Å². The first-order valence-corrected chi connectivity index (χ1v) is 8.03. The first-order chi connectivity index (χ1) is 12.0. The van der Waals surface area contributed by atoms with Crippen LogP contribution >= 0.6 is 11.6 Å². The fourth-order valence-electron chi connectivity index (χ4n) is 2.81. The quantitative estimate of drug-likeness (QED) is 0.654. The lowest BCUT2D eigenvalue weighted by Crippen LogP contribution is -2.30. The van der Waals surface area contributed by atoms with Crippen molar-refractivity contribution in [2.24, 2.45) is 0 Å². The Morgan fingerprint density at radius 2 is 1.64 bits per heavy atom. The summed E-state index contributed by atoms with van der Waals surface area (Å²) in [5.41, 5.74) is 2.11. The standard InChI is InChI=1S/C20H15ClF3N/c1-13-17(21)11-16(14-7-3-2-4-8-14)20(25(13)12-19(23)24)15-9-5-6-10-18(15)22/h2-11,19H,1,12H2. The Balaban J connectivity index is 2.30. The minimum absolute atomic E-state index is 0.222. The van der Waals surface area contributed by atoms with E-state index in [4.69, 9.17) is 11.6 Å². The van der Waals surface area contributed by atoms with Gasteiger partial charge in [0.25, 0.3) is 6.43 Å². The molecule has 0 fully saturated rings. The molecular formula is C20H15ClF3N. The molecule has 0 spiro atoms. The number of alkyl halides is 2. The molecule has 1 heterocycles. The van der Waals surface area contributed by atoms with Crippen LogP contribution in [0.4, 0.5) is 13.2 Å². The summed E-state index contributed by atoms with van der Waals surface area (Å²) >= 11 is 6.23. The molecule has 25 heavy (non-hydrogen) atoms. The van der Waals surface area contributed by atoms with Crippen LogP contribution in [-0.4, -0.2) is 17.9 Å². The van der Waals surface area contributed by atoms with Gasteiger partial charge in [-0.05, 0) is 23.8 Å². The van der Waals surface area contributed by atoms with Gasteiger partial charge in [-0.2, -0.15) is 0 Å². The van der Waals surface area contributed by atoms with Crippen molar-refractivity contribution < 1.29 is 13.2 Å². The van der Waals surface area contributed by atoms with Crippen molar-refractivity contribution in [1.82, 2.24) is 4.90 Å². The van der Waals surface area contributed by atoms with Gasteiger partial charge in [-0.3, -0.25) is 0 Å². The lowest BCUT2D eigenvalue weighted by molar-refractivity contribution is 0.123. The molecule has 0 unspecified atom stereocenters. The maximum absolute atomic E-state index is 14.5. The number of allylic oxidation sites excluding steroid dienone is 3. The maximum Gasteiger partial charge on any atom is 0.256 e. The normalized spacial score (nSPS) is 15.0. The lowest BCUT2D eigenvalue weighted by atomic mass is 9.94. The summed E-state index contributed by atoms with van der Waals surface area (Å²) in [6, 6.07) is 15.2. The number of nitrogens with zero attached hydrogens (tertiary/aromatic N) is 1. The number of benzene rings is 2. The molecule has 0 atom stereocenters.